The van der Waals surface area contributed by atoms with Crippen LogP contribution in [0.5, 0.6) is 0 Å². The van der Waals surface area contributed by atoms with Crippen LogP contribution in [0.1, 0.15) is 10.4 Å². The number of anilines is 1. The van der Waals surface area contributed by atoms with Crippen LogP contribution in [0, 0.1) is 0 Å². The predicted molar refractivity (Wildman–Crippen MR) is 136 cm³/mol. The molecule has 3 heterocycles. The highest BCUT2D eigenvalue weighted by Gasteiger charge is 2.19. The molecular formula is C27H23N5O3. The highest BCUT2D eigenvalue weighted by atomic mass is 16.5. The summed E-state index contributed by atoms with van der Waals surface area (Å²) in [7, 11) is 0. The molecule has 8 heteroatoms. The van der Waals surface area contributed by atoms with E-state index in [-0.39, 0.29) is 17.2 Å². The molecule has 0 atom stereocenters. The van der Waals surface area contributed by atoms with Crippen LogP contribution in [0.4, 0.5) is 5.69 Å². The van der Waals surface area contributed by atoms with E-state index in [1.54, 1.807) is 0 Å². The quantitative estimate of drug-likeness (QED) is 0.375. The Balaban J connectivity index is 1.34. The summed E-state index contributed by atoms with van der Waals surface area (Å²) in [6, 6.07) is 20.9. The summed E-state index contributed by atoms with van der Waals surface area (Å²) in [4.78, 5) is 37.9. The number of aromatic amines is 2. The summed E-state index contributed by atoms with van der Waals surface area (Å²) < 4.78 is 5.33. The molecule has 1 saturated heterocycles. The number of nitrogen functional groups attached to an aromatic ring is 1. The molecule has 0 bridgehead atoms. The zero-order chi connectivity index (χ0) is 23.9. The average Bonchev–Trinajstić information content (AvgIpc) is 3.24. The van der Waals surface area contributed by atoms with Gasteiger partial charge in [-0.2, -0.15) is 0 Å². The number of carbonyl (C=O) groups excluding carboxylic acids is 1. The van der Waals surface area contributed by atoms with E-state index in [4.69, 9.17) is 10.5 Å². The predicted octanol–water partition coefficient (Wildman–Crippen LogP) is 3.79. The van der Waals surface area contributed by atoms with Gasteiger partial charge in [-0.1, -0.05) is 30.3 Å². The molecule has 0 unspecified atom stereocenters. The molecule has 0 saturated carbocycles. The third kappa shape index (κ3) is 3.74. The Kier molecular flexibility index (Phi) is 5.08. The van der Waals surface area contributed by atoms with E-state index in [0.29, 0.717) is 54.3 Å². The number of amides is 1. The maximum atomic E-state index is 12.7. The third-order valence-corrected chi connectivity index (χ3v) is 6.44. The monoisotopic (exact) mass is 465 g/mol. The number of carbonyl (C=O) groups is 1. The molecule has 8 nitrogen and oxygen atoms in total. The van der Waals surface area contributed by atoms with Crippen molar-refractivity contribution in [2.45, 2.75) is 0 Å². The second-order valence-corrected chi connectivity index (χ2v) is 8.59. The van der Waals surface area contributed by atoms with Crippen LogP contribution in [0.2, 0.25) is 0 Å². The van der Waals surface area contributed by atoms with Crippen molar-refractivity contribution in [1.82, 2.24) is 19.9 Å². The van der Waals surface area contributed by atoms with Gasteiger partial charge in [0, 0.05) is 29.6 Å². The van der Waals surface area contributed by atoms with Crippen molar-refractivity contribution in [3.05, 3.63) is 82.6 Å². The lowest BCUT2D eigenvalue weighted by atomic mass is 10.0. The topological polar surface area (TPSA) is 117 Å². The van der Waals surface area contributed by atoms with E-state index in [9.17, 15) is 9.59 Å². The standard InChI is InChI=1S/C27H23N5O3/c28-23-19-15-18(16-5-7-17(8-6-16)27(34)32-11-13-35-14-12-32)9-10-20(19)29-24(23)25-26(33)31-22-4-2-1-3-21(22)30-25/h1-10,15,29H,11-14,28H2,(H,31,33). The number of aromatic nitrogens is 3. The maximum Gasteiger partial charge on any atom is 0.276 e. The fourth-order valence-corrected chi connectivity index (χ4v) is 4.53. The summed E-state index contributed by atoms with van der Waals surface area (Å²) in [5.74, 6) is 0.0166. The number of nitrogens with one attached hydrogen (secondary N) is 2. The second kappa shape index (κ2) is 8.41. The normalized spacial score (nSPS) is 14.0. The molecular weight excluding hydrogens is 442 g/mol. The summed E-state index contributed by atoms with van der Waals surface area (Å²) in [5, 5.41) is 0.806. The largest absolute Gasteiger partial charge is 0.396 e. The molecule has 0 aliphatic carbocycles. The van der Waals surface area contributed by atoms with Gasteiger partial charge >= 0.3 is 0 Å². The third-order valence-electron chi connectivity index (χ3n) is 6.44. The summed E-state index contributed by atoms with van der Waals surface area (Å²) >= 11 is 0. The van der Waals surface area contributed by atoms with Gasteiger partial charge in [0.2, 0.25) is 0 Å². The first-order valence-electron chi connectivity index (χ1n) is 11.5. The Labute approximate surface area is 200 Å². The van der Waals surface area contributed by atoms with Crippen LogP contribution >= 0.6 is 0 Å². The van der Waals surface area contributed by atoms with Crippen LogP contribution in [0.15, 0.2) is 71.5 Å². The van der Waals surface area contributed by atoms with E-state index < -0.39 is 0 Å². The summed E-state index contributed by atoms with van der Waals surface area (Å²) in [6.07, 6.45) is 0. The average molecular weight is 466 g/mol. The van der Waals surface area contributed by atoms with Gasteiger partial charge in [0.25, 0.3) is 11.5 Å². The first-order chi connectivity index (χ1) is 17.1. The maximum absolute atomic E-state index is 12.7. The fraction of sp³-hybridized carbons (Fsp3) is 0.148. The molecule has 35 heavy (non-hydrogen) atoms. The van der Waals surface area contributed by atoms with Gasteiger partial charge in [-0.25, -0.2) is 4.98 Å². The van der Waals surface area contributed by atoms with Crippen LogP contribution in [0.3, 0.4) is 0 Å². The highest BCUT2D eigenvalue weighted by molar-refractivity contribution is 6.02. The van der Waals surface area contributed by atoms with Gasteiger partial charge in [0.05, 0.1) is 35.6 Å². The minimum absolute atomic E-state index is 0.0166. The molecule has 2 aromatic heterocycles. The van der Waals surface area contributed by atoms with Crippen LogP contribution < -0.4 is 11.3 Å². The number of morpholine rings is 1. The number of hydrogen-bond acceptors (Lipinski definition) is 5. The van der Waals surface area contributed by atoms with E-state index in [2.05, 4.69) is 15.0 Å². The number of H-pyrrole nitrogens is 2. The molecule has 0 spiro atoms. The van der Waals surface area contributed by atoms with Crippen molar-refractivity contribution in [2.24, 2.45) is 0 Å². The Morgan fingerprint density at radius 2 is 1.66 bits per heavy atom. The van der Waals surface area contributed by atoms with E-state index in [0.717, 1.165) is 22.0 Å². The first kappa shape index (κ1) is 21.1. The first-order valence-corrected chi connectivity index (χ1v) is 11.5. The number of fused-ring (bicyclic) bond motifs is 2. The minimum Gasteiger partial charge on any atom is -0.396 e. The molecule has 1 fully saturated rings. The fourth-order valence-electron chi connectivity index (χ4n) is 4.53. The SMILES string of the molecule is Nc1c(-c2nc3ccccc3[nH]c2=O)[nH]c2ccc(-c3ccc(C(=O)N4CCOCC4)cc3)cc12. The van der Waals surface area contributed by atoms with E-state index in [1.807, 2.05) is 71.6 Å². The van der Waals surface area contributed by atoms with Crippen molar-refractivity contribution in [2.75, 3.05) is 32.0 Å². The molecule has 174 valence electrons. The van der Waals surface area contributed by atoms with Crippen molar-refractivity contribution in [3.63, 3.8) is 0 Å². The van der Waals surface area contributed by atoms with Crippen molar-refractivity contribution in [1.29, 1.82) is 0 Å². The van der Waals surface area contributed by atoms with Crippen molar-refractivity contribution >= 4 is 33.5 Å². The van der Waals surface area contributed by atoms with Gasteiger partial charge in [0.1, 0.15) is 0 Å². The van der Waals surface area contributed by atoms with Gasteiger partial charge in [0.15, 0.2) is 5.69 Å². The molecule has 5 aromatic rings. The lowest BCUT2D eigenvalue weighted by Crippen LogP contribution is -2.40. The smallest absolute Gasteiger partial charge is 0.276 e. The number of ether oxygens (including phenoxy) is 1. The number of rotatable bonds is 3. The van der Waals surface area contributed by atoms with E-state index >= 15 is 0 Å². The molecule has 1 amide bonds. The van der Waals surface area contributed by atoms with Gasteiger partial charge < -0.3 is 25.3 Å². The number of nitrogens with zero attached hydrogens (tertiary/aromatic N) is 2. The molecule has 1 aliphatic rings. The Morgan fingerprint density at radius 3 is 2.46 bits per heavy atom. The van der Waals surface area contributed by atoms with Gasteiger partial charge in [-0.15, -0.1) is 0 Å². The number of nitrogens with two attached hydrogens (primary N) is 1. The van der Waals surface area contributed by atoms with Crippen molar-refractivity contribution in [3.8, 4) is 22.5 Å². The number of para-hydroxylation sites is 2. The van der Waals surface area contributed by atoms with E-state index in [1.165, 1.54) is 0 Å². The molecule has 1 aliphatic heterocycles. The zero-order valence-electron chi connectivity index (χ0n) is 18.9. The Morgan fingerprint density at radius 1 is 0.914 bits per heavy atom. The zero-order valence-corrected chi connectivity index (χ0v) is 18.9. The van der Waals surface area contributed by atoms with Crippen molar-refractivity contribution < 1.29 is 9.53 Å². The van der Waals surface area contributed by atoms with Gasteiger partial charge in [-0.3, -0.25) is 9.59 Å². The number of benzene rings is 3. The van der Waals surface area contributed by atoms with Crippen LogP contribution in [-0.4, -0.2) is 52.1 Å². The summed E-state index contributed by atoms with van der Waals surface area (Å²) in [5.41, 5.74) is 12.2. The molecule has 6 rings (SSSR count). The second-order valence-electron chi connectivity index (χ2n) is 8.59. The lowest BCUT2D eigenvalue weighted by Gasteiger charge is -2.26. The highest BCUT2D eigenvalue weighted by Crippen LogP contribution is 2.34. The Bertz CT molecular complexity index is 1630. The Hall–Kier alpha value is -4.43. The number of hydrogen-bond donors (Lipinski definition) is 3. The van der Waals surface area contributed by atoms with Crippen LogP contribution in [-0.2, 0) is 4.74 Å². The summed E-state index contributed by atoms with van der Waals surface area (Å²) in [6.45, 7) is 2.37. The minimum atomic E-state index is -0.303. The lowest BCUT2D eigenvalue weighted by molar-refractivity contribution is 0.0303. The molecule has 0 radical (unpaired) electrons. The van der Waals surface area contributed by atoms with Gasteiger partial charge in [-0.05, 0) is 47.5 Å². The van der Waals surface area contributed by atoms with Crippen LogP contribution in [0.25, 0.3) is 44.5 Å². The molecule has 3 aromatic carbocycles. The molecule has 4 N–H and O–H groups in total.